The van der Waals surface area contributed by atoms with E-state index in [2.05, 4.69) is 25.2 Å². The third kappa shape index (κ3) is 6.22. The number of nitrogens with one attached hydrogen (secondary N) is 1. The van der Waals surface area contributed by atoms with Gasteiger partial charge in [0.2, 0.25) is 5.91 Å². The van der Waals surface area contributed by atoms with Crippen molar-refractivity contribution in [3.05, 3.63) is 29.8 Å². The third-order valence-corrected chi connectivity index (χ3v) is 4.60. The molecule has 128 valence electrons. The molecule has 1 amide bonds. The Morgan fingerprint density at radius 3 is 2.87 bits per heavy atom. The Hall–Kier alpha value is -1.55. The summed E-state index contributed by atoms with van der Waals surface area (Å²) in [5.74, 6) is 1.61. The second kappa shape index (κ2) is 8.92. The van der Waals surface area contributed by atoms with E-state index in [1.165, 1.54) is 24.8 Å². The van der Waals surface area contributed by atoms with E-state index < -0.39 is 0 Å². The van der Waals surface area contributed by atoms with Gasteiger partial charge in [-0.25, -0.2) is 0 Å². The highest BCUT2D eigenvalue weighted by molar-refractivity contribution is 5.78. The number of carbonyl (C=O) groups is 1. The molecule has 0 aliphatic heterocycles. The molecule has 0 unspecified atom stereocenters. The number of rotatable bonds is 7. The molecule has 1 saturated carbocycles. The summed E-state index contributed by atoms with van der Waals surface area (Å²) < 4.78 is 5.73. The van der Waals surface area contributed by atoms with Crippen LogP contribution in [0.25, 0.3) is 0 Å². The Balaban J connectivity index is 1.65. The van der Waals surface area contributed by atoms with E-state index in [1.54, 1.807) is 0 Å². The number of hydrogen-bond donors (Lipinski definition) is 1. The van der Waals surface area contributed by atoms with Crippen LogP contribution in [-0.2, 0) is 4.79 Å². The summed E-state index contributed by atoms with van der Waals surface area (Å²) in [5, 5.41) is 3.19. The zero-order valence-electron chi connectivity index (χ0n) is 14.7. The second-order valence-electron chi connectivity index (χ2n) is 6.84. The molecule has 0 heterocycles. The average molecular weight is 318 g/mol. The van der Waals surface area contributed by atoms with Crippen molar-refractivity contribution in [3.8, 4) is 5.75 Å². The van der Waals surface area contributed by atoms with Crippen LogP contribution in [0.2, 0.25) is 0 Å². The highest BCUT2D eigenvalue weighted by atomic mass is 16.5. The Bertz CT molecular complexity index is 504. The fourth-order valence-electron chi connectivity index (χ4n) is 3.13. The largest absolute Gasteiger partial charge is 0.492 e. The van der Waals surface area contributed by atoms with E-state index in [4.69, 9.17) is 4.74 Å². The number of hydrogen-bond acceptors (Lipinski definition) is 3. The van der Waals surface area contributed by atoms with Crippen molar-refractivity contribution in [3.63, 3.8) is 0 Å². The van der Waals surface area contributed by atoms with Gasteiger partial charge in [0.1, 0.15) is 12.4 Å². The molecule has 2 atom stereocenters. The van der Waals surface area contributed by atoms with Gasteiger partial charge in [0.25, 0.3) is 0 Å². The van der Waals surface area contributed by atoms with Crippen LogP contribution >= 0.6 is 0 Å². The lowest BCUT2D eigenvalue weighted by Gasteiger charge is -2.30. The Kier molecular flexibility index (Phi) is 6.90. The molecule has 1 aliphatic rings. The normalized spacial score (nSPS) is 21.2. The molecule has 1 aliphatic carbocycles. The second-order valence-corrected chi connectivity index (χ2v) is 6.84. The molecule has 2 rings (SSSR count). The summed E-state index contributed by atoms with van der Waals surface area (Å²) in [5.41, 5.74) is 1.19. The topological polar surface area (TPSA) is 41.6 Å². The van der Waals surface area contributed by atoms with Crippen LogP contribution in [0.15, 0.2) is 24.3 Å². The number of amides is 1. The molecule has 0 bridgehead atoms. The van der Waals surface area contributed by atoms with Crippen LogP contribution in [0.3, 0.4) is 0 Å². The number of nitrogens with zero attached hydrogens (tertiary/aromatic N) is 1. The first-order chi connectivity index (χ1) is 11.0. The Morgan fingerprint density at radius 2 is 2.13 bits per heavy atom. The summed E-state index contributed by atoms with van der Waals surface area (Å²) in [6, 6.07) is 8.39. The molecule has 23 heavy (non-hydrogen) atoms. The molecule has 1 fully saturated rings. The maximum atomic E-state index is 12.2. The minimum absolute atomic E-state index is 0.127. The van der Waals surface area contributed by atoms with Gasteiger partial charge in [-0.15, -0.1) is 0 Å². The van der Waals surface area contributed by atoms with Gasteiger partial charge < -0.3 is 10.1 Å². The highest BCUT2D eigenvalue weighted by Crippen LogP contribution is 2.23. The van der Waals surface area contributed by atoms with Gasteiger partial charge in [0.05, 0.1) is 6.54 Å². The van der Waals surface area contributed by atoms with Gasteiger partial charge in [-0.2, -0.15) is 0 Å². The summed E-state index contributed by atoms with van der Waals surface area (Å²) in [6.07, 6.45) is 4.87. The van der Waals surface area contributed by atoms with Crippen LogP contribution in [0.5, 0.6) is 5.75 Å². The van der Waals surface area contributed by atoms with Crippen molar-refractivity contribution in [2.45, 2.75) is 45.6 Å². The van der Waals surface area contributed by atoms with E-state index in [9.17, 15) is 4.79 Å². The van der Waals surface area contributed by atoms with E-state index in [-0.39, 0.29) is 5.91 Å². The lowest BCUT2D eigenvalue weighted by molar-refractivity contribution is -0.123. The van der Waals surface area contributed by atoms with Crippen molar-refractivity contribution in [2.75, 3.05) is 26.7 Å². The van der Waals surface area contributed by atoms with Crippen molar-refractivity contribution in [2.24, 2.45) is 5.92 Å². The lowest BCUT2D eigenvalue weighted by atomic mass is 9.86. The highest BCUT2D eigenvalue weighted by Gasteiger charge is 2.22. The average Bonchev–Trinajstić information content (AvgIpc) is 2.49. The smallest absolute Gasteiger partial charge is 0.234 e. The van der Waals surface area contributed by atoms with E-state index in [0.717, 1.165) is 18.7 Å². The summed E-state index contributed by atoms with van der Waals surface area (Å²) in [4.78, 5) is 14.2. The Morgan fingerprint density at radius 1 is 1.35 bits per heavy atom. The van der Waals surface area contributed by atoms with Gasteiger partial charge in [-0.05, 0) is 50.4 Å². The van der Waals surface area contributed by atoms with Crippen LogP contribution in [0, 0.1) is 12.8 Å². The molecule has 0 saturated heterocycles. The zero-order chi connectivity index (χ0) is 16.7. The maximum Gasteiger partial charge on any atom is 0.234 e. The number of likely N-dealkylation sites (N-methyl/N-ethyl adjacent to an activating group) is 1. The van der Waals surface area contributed by atoms with Crippen molar-refractivity contribution in [1.82, 2.24) is 10.2 Å². The predicted octanol–water partition coefficient (Wildman–Crippen LogP) is 3.00. The molecular formula is C19H30N2O2. The van der Waals surface area contributed by atoms with Crippen molar-refractivity contribution < 1.29 is 9.53 Å². The fraction of sp³-hybridized carbons (Fsp3) is 0.632. The number of ether oxygens (including phenoxy) is 1. The molecule has 0 radical (unpaired) electrons. The lowest BCUT2D eigenvalue weighted by Crippen LogP contribution is -2.45. The first kappa shape index (κ1) is 17.8. The molecule has 1 N–H and O–H groups in total. The minimum Gasteiger partial charge on any atom is -0.492 e. The molecular weight excluding hydrogens is 288 g/mol. The minimum atomic E-state index is 0.127. The third-order valence-electron chi connectivity index (χ3n) is 4.60. The van der Waals surface area contributed by atoms with E-state index in [1.807, 2.05) is 30.1 Å². The van der Waals surface area contributed by atoms with Crippen LogP contribution < -0.4 is 10.1 Å². The standard InChI is InChI=1S/C19H30N2O2/c1-15-7-6-9-17(13-15)23-12-11-21(3)14-19(22)20-18-10-5-4-8-16(18)2/h6-7,9,13,16,18H,4-5,8,10-12,14H2,1-3H3,(H,20,22)/t16-,18-/m1/s1. The summed E-state index contributed by atoms with van der Waals surface area (Å²) in [6.45, 7) is 6.05. The molecule has 0 spiro atoms. The van der Waals surface area contributed by atoms with Crippen LogP contribution in [-0.4, -0.2) is 43.6 Å². The molecule has 4 heteroatoms. The van der Waals surface area contributed by atoms with Crippen LogP contribution in [0.1, 0.15) is 38.2 Å². The summed E-state index contributed by atoms with van der Waals surface area (Å²) >= 11 is 0. The molecule has 1 aromatic carbocycles. The van der Waals surface area contributed by atoms with E-state index in [0.29, 0.717) is 25.1 Å². The van der Waals surface area contributed by atoms with Gasteiger partial charge in [-0.3, -0.25) is 9.69 Å². The number of carbonyl (C=O) groups excluding carboxylic acids is 1. The first-order valence-electron chi connectivity index (χ1n) is 8.72. The predicted molar refractivity (Wildman–Crippen MR) is 93.7 cm³/mol. The quantitative estimate of drug-likeness (QED) is 0.840. The molecule has 1 aromatic rings. The van der Waals surface area contributed by atoms with Crippen molar-refractivity contribution >= 4 is 5.91 Å². The number of benzene rings is 1. The first-order valence-corrected chi connectivity index (χ1v) is 8.72. The van der Waals surface area contributed by atoms with E-state index >= 15 is 0 Å². The van der Waals surface area contributed by atoms with Gasteiger partial charge in [0.15, 0.2) is 0 Å². The Labute approximate surface area is 140 Å². The monoisotopic (exact) mass is 318 g/mol. The van der Waals surface area contributed by atoms with Gasteiger partial charge in [-0.1, -0.05) is 31.9 Å². The zero-order valence-corrected chi connectivity index (χ0v) is 14.7. The van der Waals surface area contributed by atoms with Crippen molar-refractivity contribution in [1.29, 1.82) is 0 Å². The van der Waals surface area contributed by atoms with Gasteiger partial charge >= 0.3 is 0 Å². The van der Waals surface area contributed by atoms with Crippen LogP contribution in [0.4, 0.5) is 0 Å². The molecule has 4 nitrogen and oxygen atoms in total. The maximum absolute atomic E-state index is 12.2. The molecule has 0 aromatic heterocycles. The number of aryl methyl sites for hydroxylation is 1. The SMILES string of the molecule is Cc1cccc(OCCN(C)CC(=O)N[C@@H]2CCCC[C@H]2C)c1. The fourth-order valence-corrected chi connectivity index (χ4v) is 3.13. The summed E-state index contributed by atoms with van der Waals surface area (Å²) in [7, 11) is 1.96. The van der Waals surface area contributed by atoms with Gasteiger partial charge in [0, 0.05) is 12.6 Å².